The van der Waals surface area contributed by atoms with Crippen molar-refractivity contribution in [2.24, 2.45) is 20.5 Å². The van der Waals surface area contributed by atoms with Gasteiger partial charge in [-0.3, -0.25) is 30.0 Å². The molecule has 0 radical (unpaired) electrons. The Morgan fingerprint density at radius 3 is 1.34 bits per heavy atom. The van der Waals surface area contributed by atoms with E-state index in [1.807, 2.05) is 47.9 Å². The summed E-state index contributed by atoms with van der Waals surface area (Å²) in [6.07, 6.45) is -1.00. The number of non-ortho nitro benzene ring substituents is 2. The second-order valence-corrected chi connectivity index (χ2v) is 16.1. The first-order valence-electron chi connectivity index (χ1n) is 21.9. The minimum Gasteiger partial charge on any atom is -0.395 e. The number of halogens is 2. The zero-order valence-corrected chi connectivity index (χ0v) is 39.2. The monoisotopic (exact) mass is 970 g/mol. The van der Waals surface area contributed by atoms with Gasteiger partial charge in [-0.15, -0.1) is 10.2 Å². The third-order valence-corrected chi connectivity index (χ3v) is 11.0. The van der Waals surface area contributed by atoms with E-state index in [1.165, 1.54) is 36.4 Å². The van der Waals surface area contributed by atoms with E-state index in [0.717, 1.165) is 11.4 Å². The Balaban J connectivity index is 1.23. The van der Waals surface area contributed by atoms with Crippen LogP contribution in [0.3, 0.4) is 0 Å². The van der Waals surface area contributed by atoms with Crippen LogP contribution in [0, 0.1) is 20.2 Å². The maximum atomic E-state index is 11.0. The Labute approximate surface area is 400 Å². The van der Waals surface area contributed by atoms with E-state index in [0.29, 0.717) is 94.7 Å². The van der Waals surface area contributed by atoms with Gasteiger partial charge in [-0.25, -0.2) is 0 Å². The molecular weight excluding hydrogens is 911 g/mol. The topological polar surface area (TPSA) is 248 Å². The van der Waals surface area contributed by atoms with E-state index < -0.39 is 22.1 Å². The number of rotatable bonds is 32. The van der Waals surface area contributed by atoms with Crippen molar-refractivity contribution in [3.63, 3.8) is 0 Å². The summed E-state index contributed by atoms with van der Waals surface area (Å²) in [6, 6.07) is 22.8. The van der Waals surface area contributed by atoms with Gasteiger partial charge in [0.1, 0.15) is 11.4 Å². The summed E-state index contributed by atoms with van der Waals surface area (Å²) < 4.78 is 11.8. The van der Waals surface area contributed by atoms with Crippen LogP contribution in [-0.2, 0) is 9.47 Å². The first kappa shape index (κ1) is 54.3. The molecule has 364 valence electrons. The van der Waals surface area contributed by atoms with Crippen LogP contribution in [0.2, 0.25) is 10.0 Å². The van der Waals surface area contributed by atoms with Crippen molar-refractivity contribution < 1.29 is 39.7 Å². The van der Waals surface area contributed by atoms with Crippen molar-refractivity contribution in [3.05, 3.63) is 115 Å². The number of ether oxygens (including phenoxy) is 2. The zero-order chi connectivity index (χ0) is 48.6. The predicted octanol–water partition coefficient (Wildman–Crippen LogP) is 7.73. The number of nitro groups is 2. The molecule has 4 rings (SSSR count). The molecule has 0 aliphatic carbocycles. The molecule has 0 bridgehead atoms. The Morgan fingerprint density at radius 2 is 0.985 bits per heavy atom. The van der Waals surface area contributed by atoms with Gasteiger partial charge in [-0.1, -0.05) is 23.2 Å². The third-order valence-electron chi connectivity index (χ3n) is 10.4. The van der Waals surface area contributed by atoms with E-state index in [4.69, 9.17) is 32.7 Å². The van der Waals surface area contributed by atoms with Crippen LogP contribution in [0.4, 0.5) is 45.5 Å². The molecule has 0 aliphatic rings. The van der Waals surface area contributed by atoms with Crippen molar-refractivity contribution in [1.82, 2.24) is 9.80 Å². The van der Waals surface area contributed by atoms with Gasteiger partial charge in [0.05, 0.1) is 83.1 Å². The first-order chi connectivity index (χ1) is 32.3. The molecule has 20 nitrogen and oxygen atoms in total. The lowest BCUT2D eigenvalue weighted by Gasteiger charge is -2.29. The maximum absolute atomic E-state index is 11.0. The number of nitrogens with zero attached hydrogens (tertiary/aromatic N) is 10. The van der Waals surface area contributed by atoms with Gasteiger partial charge in [-0.2, -0.15) is 10.2 Å². The number of hydrogen-bond acceptors (Lipinski definition) is 18. The average Bonchev–Trinajstić information content (AvgIpc) is 3.31. The van der Waals surface area contributed by atoms with Crippen molar-refractivity contribution >= 4 is 68.7 Å². The third kappa shape index (κ3) is 19.1. The van der Waals surface area contributed by atoms with E-state index in [2.05, 4.69) is 30.3 Å². The number of nitro benzene ring substituents is 2. The Hall–Kier alpha value is -5.26. The molecule has 0 aromatic heterocycles. The Bertz CT molecular complexity index is 2030. The van der Waals surface area contributed by atoms with E-state index in [1.54, 1.807) is 24.3 Å². The Morgan fingerprint density at radius 1 is 0.582 bits per heavy atom. The molecule has 67 heavy (non-hydrogen) atoms. The second kappa shape index (κ2) is 29.5. The summed E-state index contributed by atoms with van der Waals surface area (Å²) in [4.78, 5) is 29.1. The van der Waals surface area contributed by atoms with Crippen molar-refractivity contribution in [3.8, 4) is 0 Å². The van der Waals surface area contributed by atoms with Crippen LogP contribution in [0.25, 0.3) is 0 Å². The van der Waals surface area contributed by atoms with Crippen LogP contribution in [0.5, 0.6) is 0 Å². The minimum atomic E-state index is -0.839. The summed E-state index contributed by atoms with van der Waals surface area (Å²) in [7, 11) is 0. The van der Waals surface area contributed by atoms with E-state index in [-0.39, 0.29) is 60.9 Å². The highest BCUT2D eigenvalue weighted by Gasteiger charge is 2.18. The molecular formula is C45H60Cl2N10O10. The number of hydrogen-bond donors (Lipinski definition) is 4. The van der Waals surface area contributed by atoms with Crippen molar-refractivity contribution in [2.45, 2.75) is 32.5 Å². The predicted molar refractivity (Wildman–Crippen MR) is 259 cm³/mol. The van der Waals surface area contributed by atoms with Crippen LogP contribution in [-0.4, -0.2) is 157 Å². The standard InChI is InChI=1S/C45H60Cl2N10O10/c1-3-54(36-10-6-34(7-11-36)48-50-44-16-14-38(56(62)63)28-42(44)46)22-26-66-32-40(60)30-53(19-5-18-52(20-24-58)21-25-59)31-41(61)33-67-27-23-55(4-2)37-12-8-35(9-13-37)49-51-45-17-15-39(57(64)65)29-43(45)47/h6-17,28-29,40-41,58-61H,3-5,18-27,30-33H2,1-2H3/b50-48+,51-49+. The number of likely N-dealkylation sites (N-methyl/N-ethyl adjacent to an activating group) is 2. The van der Waals surface area contributed by atoms with Crippen molar-refractivity contribution in [2.75, 3.05) is 115 Å². The molecule has 22 heteroatoms. The fraction of sp³-hybridized carbons (Fsp3) is 0.467. The van der Waals surface area contributed by atoms with Gasteiger partial charge in [-0.05, 0) is 94.0 Å². The van der Waals surface area contributed by atoms with Gasteiger partial charge in [0.2, 0.25) is 0 Å². The average molecular weight is 972 g/mol. The Kier molecular flexibility index (Phi) is 23.9. The molecule has 0 saturated carbocycles. The van der Waals surface area contributed by atoms with Crippen LogP contribution >= 0.6 is 23.2 Å². The lowest BCUT2D eigenvalue weighted by molar-refractivity contribution is -0.385. The summed E-state index contributed by atoms with van der Waals surface area (Å²) >= 11 is 12.3. The molecule has 2 atom stereocenters. The number of azo groups is 2. The summed E-state index contributed by atoms with van der Waals surface area (Å²) in [5.41, 5.74) is 3.38. The number of aliphatic hydroxyl groups excluding tert-OH is 4. The van der Waals surface area contributed by atoms with Gasteiger partial charge >= 0.3 is 0 Å². The van der Waals surface area contributed by atoms with E-state index in [9.17, 15) is 40.7 Å². The number of aliphatic hydroxyl groups is 4. The van der Waals surface area contributed by atoms with Gasteiger partial charge in [0.25, 0.3) is 11.4 Å². The molecule has 4 aromatic carbocycles. The van der Waals surface area contributed by atoms with Crippen LogP contribution in [0.1, 0.15) is 20.3 Å². The van der Waals surface area contributed by atoms with Crippen molar-refractivity contribution in [1.29, 1.82) is 0 Å². The second-order valence-electron chi connectivity index (χ2n) is 15.2. The molecule has 4 N–H and O–H groups in total. The first-order valence-corrected chi connectivity index (χ1v) is 22.7. The van der Waals surface area contributed by atoms with Crippen LogP contribution in [0.15, 0.2) is 105 Å². The van der Waals surface area contributed by atoms with E-state index >= 15 is 0 Å². The molecule has 0 spiro atoms. The smallest absolute Gasteiger partial charge is 0.271 e. The summed E-state index contributed by atoms with van der Waals surface area (Å²) in [5.74, 6) is 0. The molecule has 0 heterocycles. The number of anilines is 2. The fourth-order valence-electron chi connectivity index (χ4n) is 6.89. The zero-order valence-electron chi connectivity index (χ0n) is 37.7. The molecule has 2 unspecified atom stereocenters. The largest absolute Gasteiger partial charge is 0.395 e. The molecule has 0 saturated heterocycles. The van der Waals surface area contributed by atoms with Gasteiger partial charge in [0.15, 0.2) is 0 Å². The SMILES string of the molecule is CCN(CCOCC(O)CN(CCCN(CCO)CCO)CC(O)COCCN(CC)c1ccc(/N=N/c2ccc([N+](=O)[O-])cc2Cl)cc1)c1ccc(/N=N/c2ccc([N+](=O)[O-])cc2Cl)cc1. The molecule has 4 aromatic rings. The molecule has 0 fully saturated rings. The normalized spacial score (nSPS) is 12.7. The molecule has 0 aliphatic heterocycles. The fourth-order valence-corrected chi connectivity index (χ4v) is 7.31. The maximum Gasteiger partial charge on any atom is 0.271 e. The lowest BCUT2D eigenvalue weighted by Crippen LogP contribution is -2.42. The summed E-state index contributed by atoms with van der Waals surface area (Å²) in [5, 5.41) is 79.9. The van der Waals surface area contributed by atoms with Crippen LogP contribution < -0.4 is 9.80 Å². The van der Waals surface area contributed by atoms with Gasteiger partial charge < -0.3 is 39.7 Å². The quantitative estimate of drug-likeness (QED) is 0.0158. The minimum absolute atomic E-state index is 0.0287. The highest BCUT2D eigenvalue weighted by atomic mass is 35.5. The lowest BCUT2D eigenvalue weighted by atomic mass is 10.2. The highest BCUT2D eigenvalue weighted by molar-refractivity contribution is 6.33. The van der Waals surface area contributed by atoms with Gasteiger partial charge in [0, 0.05) is 88.0 Å². The number of benzene rings is 4. The molecule has 0 amide bonds. The highest BCUT2D eigenvalue weighted by Crippen LogP contribution is 2.32. The summed E-state index contributed by atoms with van der Waals surface area (Å²) in [6.45, 7) is 9.88.